The molecule has 31 heavy (non-hydrogen) atoms. The minimum absolute atomic E-state index is 0.00626. The molecule has 3 aromatic rings. The highest BCUT2D eigenvalue weighted by atomic mass is 16.5. The Bertz CT molecular complexity index is 937. The third kappa shape index (κ3) is 5.19. The number of methoxy groups -OCH3 is 1. The van der Waals surface area contributed by atoms with Gasteiger partial charge >= 0.3 is 0 Å². The fourth-order valence-electron chi connectivity index (χ4n) is 3.66. The number of rotatable bonds is 7. The highest BCUT2D eigenvalue weighted by Gasteiger charge is 2.24. The van der Waals surface area contributed by atoms with E-state index in [1.54, 1.807) is 19.5 Å². The highest BCUT2D eigenvalue weighted by molar-refractivity contribution is 5.77. The molecule has 1 aliphatic heterocycles. The molecular formula is C24H26N4O3. The number of carbonyl (C=O) groups is 1. The van der Waals surface area contributed by atoms with Crippen molar-refractivity contribution in [3.63, 3.8) is 0 Å². The smallest absolute Gasteiger partial charge is 0.248 e. The number of ether oxygens (including phenoxy) is 2. The molecule has 0 aliphatic carbocycles. The van der Waals surface area contributed by atoms with Crippen molar-refractivity contribution in [2.45, 2.75) is 6.10 Å². The molecule has 160 valence electrons. The Hall–Kier alpha value is -3.45. The molecule has 1 amide bonds. The summed E-state index contributed by atoms with van der Waals surface area (Å²) in [6.45, 7) is 2.64. The van der Waals surface area contributed by atoms with Crippen LogP contribution in [-0.2, 0) is 9.53 Å². The van der Waals surface area contributed by atoms with Gasteiger partial charge in [0.15, 0.2) is 5.82 Å². The van der Waals surface area contributed by atoms with E-state index in [4.69, 9.17) is 9.47 Å². The number of carbonyl (C=O) groups excluding carboxylic acids is 1. The predicted octanol–water partition coefficient (Wildman–Crippen LogP) is 2.94. The second-order valence-electron chi connectivity index (χ2n) is 7.30. The van der Waals surface area contributed by atoms with Gasteiger partial charge in [0.05, 0.1) is 19.5 Å². The van der Waals surface area contributed by atoms with Gasteiger partial charge in [-0.3, -0.25) is 9.78 Å². The van der Waals surface area contributed by atoms with Crippen LogP contribution in [0.2, 0.25) is 0 Å². The SMILES string of the molecule is COc1cncc(N2CCN(C(=O)COC(c3ccccc3)c3ccccc3)CC2)n1. The van der Waals surface area contributed by atoms with Crippen LogP contribution in [0.5, 0.6) is 5.88 Å². The van der Waals surface area contributed by atoms with Crippen molar-refractivity contribution in [2.75, 3.05) is 44.8 Å². The molecule has 7 nitrogen and oxygen atoms in total. The molecular weight excluding hydrogens is 392 g/mol. The van der Waals surface area contributed by atoms with Crippen molar-refractivity contribution in [2.24, 2.45) is 0 Å². The summed E-state index contributed by atoms with van der Waals surface area (Å²) in [5.41, 5.74) is 2.06. The topological polar surface area (TPSA) is 67.8 Å². The van der Waals surface area contributed by atoms with Gasteiger partial charge < -0.3 is 19.3 Å². The molecule has 1 fully saturated rings. The molecule has 1 aliphatic rings. The van der Waals surface area contributed by atoms with Gasteiger partial charge in [0.1, 0.15) is 12.7 Å². The number of hydrogen-bond donors (Lipinski definition) is 0. The van der Waals surface area contributed by atoms with Gasteiger partial charge in [-0.1, -0.05) is 60.7 Å². The normalized spacial score (nSPS) is 14.0. The molecule has 4 rings (SSSR count). The molecule has 0 radical (unpaired) electrons. The maximum atomic E-state index is 12.8. The number of piperazine rings is 1. The van der Waals surface area contributed by atoms with Crippen LogP contribution in [0.25, 0.3) is 0 Å². The van der Waals surface area contributed by atoms with Crippen LogP contribution >= 0.6 is 0 Å². The van der Waals surface area contributed by atoms with E-state index in [1.807, 2.05) is 65.6 Å². The molecule has 1 saturated heterocycles. The van der Waals surface area contributed by atoms with Crippen molar-refractivity contribution in [3.05, 3.63) is 84.2 Å². The third-order valence-electron chi connectivity index (χ3n) is 5.34. The van der Waals surface area contributed by atoms with Gasteiger partial charge in [0.2, 0.25) is 11.8 Å². The van der Waals surface area contributed by atoms with Crippen LogP contribution < -0.4 is 9.64 Å². The summed E-state index contributed by atoms with van der Waals surface area (Å²) >= 11 is 0. The first kappa shape index (κ1) is 20.8. The van der Waals surface area contributed by atoms with Crippen molar-refractivity contribution in [1.29, 1.82) is 0 Å². The van der Waals surface area contributed by atoms with Gasteiger partial charge in [-0.25, -0.2) is 0 Å². The van der Waals surface area contributed by atoms with Crippen LogP contribution in [0.3, 0.4) is 0 Å². The Balaban J connectivity index is 1.36. The number of amides is 1. The van der Waals surface area contributed by atoms with E-state index in [9.17, 15) is 4.79 Å². The van der Waals surface area contributed by atoms with Crippen LogP contribution in [0.15, 0.2) is 73.1 Å². The first-order valence-electron chi connectivity index (χ1n) is 10.3. The average Bonchev–Trinajstić information content (AvgIpc) is 2.85. The summed E-state index contributed by atoms with van der Waals surface area (Å²) in [7, 11) is 1.57. The van der Waals surface area contributed by atoms with Gasteiger partial charge in [-0.15, -0.1) is 0 Å². The van der Waals surface area contributed by atoms with Gasteiger partial charge in [-0.2, -0.15) is 4.98 Å². The first-order valence-corrected chi connectivity index (χ1v) is 10.3. The van der Waals surface area contributed by atoms with Crippen LogP contribution in [0.4, 0.5) is 5.82 Å². The number of anilines is 1. The van der Waals surface area contributed by atoms with Crippen molar-refractivity contribution >= 4 is 11.7 Å². The van der Waals surface area contributed by atoms with Crippen LogP contribution in [-0.4, -0.2) is 60.7 Å². The number of nitrogens with zero attached hydrogens (tertiary/aromatic N) is 4. The lowest BCUT2D eigenvalue weighted by Crippen LogP contribution is -2.50. The number of aromatic nitrogens is 2. The van der Waals surface area contributed by atoms with E-state index in [1.165, 1.54) is 0 Å². The quantitative estimate of drug-likeness (QED) is 0.588. The maximum Gasteiger partial charge on any atom is 0.248 e. The zero-order valence-corrected chi connectivity index (χ0v) is 17.6. The Kier molecular flexibility index (Phi) is 6.74. The summed E-state index contributed by atoms with van der Waals surface area (Å²) in [5, 5.41) is 0. The monoisotopic (exact) mass is 418 g/mol. The average molecular weight is 418 g/mol. The van der Waals surface area contributed by atoms with Crippen molar-refractivity contribution in [1.82, 2.24) is 14.9 Å². The minimum atomic E-state index is -0.278. The number of hydrogen-bond acceptors (Lipinski definition) is 6. The highest BCUT2D eigenvalue weighted by Crippen LogP contribution is 2.26. The summed E-state index contributed by atoms with van der Waals surface area (Å²) in [6, 6.07) is 20.0. The van der Waals surface area contributed by atoms with Gasteiger partial charge in [-0.05, 0) is 11.1 Å². The van der Waals surface area contributed by atoms with E-state index >= 15 is 0 Å². The van der Waals surface area contributed by atoms with E-state index < -0.39 is 0 Å². The van der Waals surface area contributed by atoms with Crippen molar-refractivity contribution in [3.8, 4) is 5.88 Å². The van der Waals surface area contributed by atoms with E-state index in [2.05, 4.69) is 14.9 Å². The molecule has 0 N–H and O–H groups in total. The summed E-state index contributed by atoms with van der Waals surface area (Å²) in [5.74, 6) is 1.24. The fraction of sp³-hybridized carbons (Fsp3) is 0.292. The molecule has 2 aromatic carbocycles. The van der Waals surface area contributed by atoms with Gasteiger partial charge in [0, 0.05) is 26.2 Å². The number of benzene rings is 2. The second kappa shape index (κ2) is 10.0. The summed E-state index contributed by atoms with van der Waals surface area (Å²) in [6.07, 6.45) is 3.02. The molecule has 1 aromatic heterocycles. The van der Waals surface area contributed by atoms with Crippen LogP contribution in [0, 0.1) is 0 Å². The van der Waals surface area contributed by atoms with E-state index in [-0.39, 0.29) is 18.6 Å². The fourth-order valence-corrected chi connectivity index (χ4v) is 3.66. The first-order chi connectivity index (χ1) is 15.2. The maximum absolute atomic E-state index is 12.8. The van der Waals surface area contributed by atoms with Crippen molar-refractivity contribution < 1.29 is 14.3 Å². The van der Waals surface area contributed by atoms with Gasteiger partial charge in [0.25, 0.3) is 0 Å². The van der Waals surface area contributed by atoms with E-state index in [0.717, 1.165) is 16.9 Å². The lowest BCUT2D eigenvalue weighted by molar-refractivity contribution is -0.137. The summed E-state index contributed by atoms with van der Waals surface area (Å²) in [4.78, 5) is 25.4. The zero-order chi connectivity index (χ0) is 21.5. The third-order valence-corrected chi connectivity index (χ3v) is 5.34. The predicted molar refractivity (Wildman–Crippen MR) is 118 cm³/mol. The molecule has 2 heterocycles. The molecule has 0 saturated carbocycles. The minimum Gasteiger partial charge on any atom is -0.480 e. The Morgan fingerprint density at radius 2 is 1.55 bits per heavy atom. The van der Waals surface area contributed by atoms with E-state index in [0.29, 0.717) is 32.1 Å². The molecule has 0 unspecified atom stereocenters. The summed E-state index contributed by atoms with van der Waals surface area (Å²) < 4.78 is 11.3. The Labute approximate surface area is 182 Å². The zero-order valence-electron chi connectivity index (χ0n) is 17.6. The molecule has 0 spiro atoms. The lowest BCUT2D eigenvalue weighted by atomic mass is 10.0. The second-order valence-corrected chi connectivity index (χ2v) is 7.30. The van der Waals surface area contributed by atoms with Crippen LogP contribution in [0.1, 0.15) is 17.2 Å². The molecule has 7 heteroatoms. The molecule has 0 atom stereocenters. The Morgan fingerprint density at radius 3 is 2.13 bits per heavy atom. The lowest BCUT2D eigenvalue weighted by Gasteiger charge is -2.35. The largest absolute Gasteiger partial charge is 0.480 e. The Morgan fingerprint density at radius 1 is 0.935 bits per heavy atom. The standard InChI is InChI=1S/C24H26N4O3/c1-30-22-17-25-16-21(26-22)27-12-14-28(15-13-27)23(29)18-31-24(19-8-4-2-5-9-19)20-10-6-3-7-11-20/h2-11,16-17,24H,12-15,18H2,1H3. The molecule has 0 bridgehead atoms.